The molecule has 0 saturated carbocycles. The van der Waals surface area contributed by atoms with Crippen molar-refractivity contribution in [3.63, 3.8) is 0 Å². The Kier molecular flexibility index (Phi) is 3.14. The molecule has 0 atom stereocenters. The lowest BCUT2D eigenvalue weighted by Gasteiger charge is -2.13. The zero-order valence-corrected chi connectivity index (χ0v) is 10.00. The fourth-order valence-corrected chi connectivity index (χ4v) is 2.11. The van der Waals surface area contributed by atoms with Crippen LogP contribution in [0.15, 0.2) is 36.4 Å². The van der Waals surface area contributed by atoms with Crippen LogP contribution in [0, 0.1) is 12.7 Å². The molecule has 17 heavy (non-hydrogen) atoms. The van der Waals surface area contributed by atoms with E-state index in [4.69, 9.17) is 0 Å². The molecule has 0 amide bonds. The van der Waals surface area contributed by atoms with Gasteiger partial charge in [-0.05, 0) is 42.2 Å². The van der Waals surface area contributed by atoms with Crippen molar-refractivity contribution in [1.29, 1.82) is 0 Å². The molecule has 2 aromatic carbocycles. The minimum atomic E-state index is -0.261. The van der Waals surface area contributed by atoms with Crippen LogP contribution in [0.2, 0.25) is 0 Å². The third-order valence-corrected chi connectivity index (χ3v) is 3.00. The van der Waals surface area contributed by atoms with E-state index in [1.807, 2.05) is 38.1 Å². The van der Waals surface area contributed by atoms with E-state index in [1.54, 1.807) is 0 Å². The number of rotatable bonds is 2. The molecule has 88 valence electrons. The molecule has 0 spiro atoms. The van der Waals surface area contributed by atoms with Gasteiger partial charge in [0.2, 0.25) is 0 Å². The fourth-order valence-electron chi connectivity index (χ4n) is 2.11. The maximum atomic E-state index is 13.7. The monoisotopic (exact) mass is 230 g/mol. The molecule has 0 aliphatic carbocycles. The van der Waals surface area contributed by atoms with E-state index >= 15 is 0 Å². The normalized spacial score (nSPS) is 10.5. The summed E-state index contributed by atoms with van der Waals surface area (Å²) in [5, 5.41) is 9.96. The number of aromatic hydroxyl groups is 1. The van der Waals surface area contributed by atoms with Gasteiger partial charge >= 0.3 is 0 Å². The second-order valence-electron chi connectivity index (χ2n) is 4.09. The SMILES string of the molecule is CCc1c(F)ccc(O)c1-c1ccccc1C. The number of hydrogen-bond donors (Lipinski definition) is 1. The minimum absolute atomic E-state index is 0.137. The summed E-state index contributed by atoms with van der Waals surface area (Å²) in [4.78, 5) is 0. The van der Waals surface area contributed by atoms with Crippen molar-refractivity contribution < 1.29 is 9.50 Å². The summed E-state index contributed by atoms with van der Waals surface area (Å²) in [5.74, 6) is -0.124. The molecule has 1 nitrogen and oxygen atoms in total. The summed E-state index contributed by atoms with van der Waals surface area (Å²) in [6, 6.07) is 10.4. The van der Waals surface area contributed by atoms with E-state index in [-0.39, 0.29) is 11.6 Å². The number of halogens is 1. The standard InChI is InChI=1S/C15H15FO/c1-3-11-13(16)8-9-14(17)15(11)12-7-5-4-6-10(12)2/h4-9,17H,3H2,1-2H3. The summed E-state index contributed by atoms with van der Waals surface area (Å²) in [7, 11) is 0. The summed E-state index contributed by atoms with van der Waals surface area (Å²) in [6.45, 7) is 3.85. The Balaban J connectivity index is 2.75. The first-order valence-electron chi connectivity index (χ1n) is 5.71. The molecule has 0 unspecified atom stereocenters. The molecular formula is C15H15FO. The Hall–Kier alpha value is -1.83. The van der Waals surface area contributed by atoms with Crippen LogP contribution in [0.5, 0.6) is 5.75 Å². The highest BCUT2D eigenvalue weighted by molar-refractivity contribution is 5.76. The van der Waals surface area contributed by atoms with Crippen LogP contribution < -0.4 is 0 Å². The van der Waals surface area contributed by atoms with Crippen LogP contribution in [0.3, 0.4) is 0 Å². The fraction of sp³-hybridized carbons (Fsp3) is 0.200. The Bertz CT molecular complexity index is 547. The number of phenols is 1. The molecule has 0 aliphatic rings. The minimum Gasteiger partial charge on any atom is -0.507 e. The first-order chi connectivity index (χ1) is 8.15. The van der Waals surface area contributed by atoms with Crippen LogP contribution in [-0.2, 0) is 6.42 Å². The van der Waals surface area contributed by atoms with Crippen molar-refractivity contribution in [2.75, 3.05) is 0 Å². The molecule has 0 fully saturated rings. The molecule has 2 rings (SSSR count). The van der Waals surface area contributed by atoms with Crippen LogP contribution in [-0.4, -0.2) is 5.11 Å². The molecule has 0 heterocycles. The Morgan fingerprint density at radius 3 is 2.47 bits per heavy atom. The van der Waals surface area contributed by atoms with Crippen molar-refractivity contribution in [1.82, 2.24) is 0 Å². The highest BCUT2D eigenvalue weighted by Crippen LogP contribution is 2.36. The lowest BCUT2D eigenvalue weighted by molar-refractivity contribution is 0.474. The molecule has 1 N–H and O–H groups in total. The number of hydrogen-bond acceptors (Lipinski definition) is 1. The van der Waals surface area contributed by atoms with Gasteiger partial charge in [-0.3, -0.25) is 0 Å². The number of benzene rings is 2. The van der Waals surface area contributed by atoms with E-state index in [0.717, 1.165) is 11.1 Å². The van der Waals surface area contributed by atoms with Crippen molar-refractivity contribution in [2.45, 2.75) is 20.3 Å². The highest BCUT2D eigenvalue weighted by Gasteiger charge is 2.14. The van der Waals surface area contributed by atoms with Gasteiger partial charge in [0.1, 0.15) is 11.6 Å². The first kappa shape index (κ1) is 11.6. The van der Waals surface area contributed by atoms with E-state index in [2.05, 4.69) is 0 Å². The largest absolute Gasteiger partial charge is 0.507 e. The average Bonchev–Trinajstić information content (AvgIpc) is 2.33. The number of aryl methyl sites for hydroxylation is 1. The van der Waals surface area contributed by atoms with E-state index in [1.165, 1.54) is 12.1 Å². The van der Waals surface area contributed by atoms with Gasteiger partial charge in [0.05, 0.1) is 0 Å². The quantitative estimate of drug-likeness (QED) is 0.824. The molecule has 0 aliphatic heterocycles. The zero-order valence-electron chi connectivity index (χ0n) is 10.00. The van der Waals surface area contributed by atoms with Gasteiger partial charge in [-0.15, -0.1) is 0 Å². The van der Waals surface area contributed by atoms with Gasteiger partial charge in [0, 0.05) is 5.56 Å². The molecule has 0 radical (unpaired) electrons. The van der Waals surface area contributed by atoms with Crippen LogP contribution >= 0.6 is 0 Å². The van der Waals surface area contributed by atoms with Gasteiger partial charge in [-0.1, -0.05) is 31.2 Å². The summed E-state index contributed by atoms with van der Waals surface area (Å²) < 4.78 is 13.7. The van der Waals surface area contributed by atoms with Gasteiger partial charge in [0.25, 0.3) is 0 Å². The van der Waals surface area contributed by atoms with Crippen LogP contribution in [0.1, 0.15) is 18.1 Å². The van der Waals surface area contributed by atoms with Crippen molar-refractivity contribution >= 4 is 0 Å². The summed E-state index contributed by atoms with van der Waals surface area (Å²) >= 11 is 0. The van der Waals surface area contributed by atoms with Crippen molar-refractivity contribution in [3.8, 4) is 16.9 Å². The summed E-state index contributed by atoms with van der Waals surface area (Å²) in [6.07, 6.45) is 0.559. The lowest BCUT2D eigenvalue weighted by atomic mass is 9.93. The van der Waals surface area contributed by atoms with Crippen LogP contribution in [0.4, 0.5) is 4.39 Å². The average molecular weight is 230 g/mol. The maximum absolute atomic E-state index is 13.7. The van der Waals surface area contributed by atoms with Gasteiger partial charge in [-0.2, -0.15) is 0 Å². The molecular weight excluding hydrogens is 215 g/mol. The molecule has 0 bridgehead atoms. The topological polar surface area (TPSA) is 20.2 Å². The van der Waals surface area contributed by atoms with Gasteiger partial charge < -0.3 is 5.11 Å². The Morgan fingerprint density at radius 1 is 1.12 bits per heavy atom. The van der Waals surface area contributed by atoms with Crippen LogP contribution in [0.25, 0.3) is 11.1 Å². The van der Waals surface area contributed by atoms with Gasteiger partial charge in [-0.25, -0.2) is 4.39 Å². The zero-order chi connectivity index (χ0) is 12.4. The smallest absolute Gasteiger partial charge is 0.127 e. The maximum Gasteiger partial charge on any atom is 0.127 e. The molecule has 2 aromatic rings. The predicted molar refractivity (Wildman–Crippen MR) is 67.6 cm³/mol. The second kappa shape index (κ2) is 4.58. The summed E-state index contributed by atoms with van der Waals surface area (Å²) in [5.41, 5.74) is 3.11. The second-order valence-corrected chi connectivity index (χ2v) is 4.09. The van der Waals surface area contributed by atoms with E-state index in [0.29, 0.717) is 17.5 Å². The Morgan fingerprint density at radius 2 is 1.82 bits per heavy atom. The molecule has 0 saturated heterocycles. The first-order valence-corrected chi connectivity index (χ1v) is 5.71. The highest BCUT2D eigenvalue weighted by atomic mass is 19.1. The van der Waals surface area contributed by atoms with Crippen molar-refractivity contribution in [2.24, 2.45) is 0 Å². The van der Waals surface area contributed by atoms with E-state index < -0.39 is 0 Å². The third kappa shape index (κ3) is 2.03. The lowest BCUT2D eigenvalue weighted by Crippen LogP contribution is -1.95. The Labute approximate surface area is 101 Å². The number of phenolic OH excluding ortho intramolecular Hbond substituents is 1. The van der Waals surface area contributed by atoms with Crippen molar-refractivity contribution in [3.05, 3.63) is 53.3 Å². The van der Waals surface area contributed by atoms with Gasteiger partial charge in [0.15, 0.2) is 0 Å². The third-order valence-electron chi connectivity index (χ3n) is 3.00. The molecule has 2 heteroatoms. The molecule has 0 aromatic heterocycles. The van der Waals surface area contributed by atoms with E-state index in [9.17, 15) is 9.50 Å². The predicted octanol–water partition coefficient (Wildman–Crippen LogP) is 4.07.